The predicted molar refractivity (Wildman–Crippen MR) is 144 cm³/mol. The van der Waals surface area contributed by atoms with Crippen LogP contribution in [0.4, 0.5) is 0 Å². The van der Waals surface area contributed by atoms with E-state index in [1.807, 2.05) is 11.8 Å². The van der Waals surface area contributed by atoms with Crippen LogP contribution in [0.15, 0.2) is 98.7 Å². The Hall–Kier alpha value is -2.75. The van der Waals surface area contributed by atoms with E-state index in [0.717, 1.165) is 37.2 Å². The summed E-state index contributed by atoms with van der Waals surface area (Å²) in [5.74, 6) is 1.11. The lowest BCUT2D eigenvalue weighted by Gasteiger charge is -2.19. The van der Waals surface area contributed by atoms with Gasteiger partial charge in [0.1, 0.15) is 11.3 Å². The molecule has 3 heterocycles. The molecule has 3 heteroatoms. The smallest absolute Gasteiger partial charge is 0.134 e. The molecular weight excluding hydrogens is 434 g/mol. The Morgan fingerprint density at radius 1 is 1.15 bits per heavy atom. The van der Waals surface area contributed by atoms with Crippen LogP contribution in [0.3, 0.4) is 0 Å². The zero-order chi connectivity index (χ0) is 22.9. The fraction of sp³-hybridized carbons (Fsp3) is 0.290. The third-order valence-corrected chi connectivity index (χ3v) is 8.46. The second-order valence-electron chi connectivity index (χ2n) is 9.61. The highest BCUT2D eigenvalue weighted by molar-refractivity contribution is 8.02. The molecule has 34 heavy (non-hydrogen) atoms. The molecule has 0 unspecified atom stereocenters. The summed E-state index contributed by atoms with van der Waals surface area (Å²) in [5.41, 5.74) is 7.80. The van der Waals surface area contributed by atoms with Crippen molar-refractivity contribution in [2.75, 3.05) is 13.1 Å². The monoisotopic (exact) mass is 465 g/mol. The number of hydrogen-bond donors (Lipinski definition) is 0. The summed E-state index contributed by atoms with van der Waals surface area (Å²) >= 11 is 1.85. The summed E-state index contributed by atoms with van der Waals surface area (Å²) in [6.45, 7) is 4.66. The van der Waals surface area contributed by atoms with E-state index in [0.29, 0.717) is 6.04 Å². The summed E-state index contributed by atoms with van der Waals surface area (Å²) in [7, 11) is 0. The Labute approximate surface area is 206 Å². The van der Waals surface area contributed by atoms with Crippen molar-refractivity contribution in [3.8, 4) is 0 Å². The van der Waals surface area contributed by atoms with Crippen molar-refractivity contribution < 1.29 is 4.42 Å². The number of nitrogens with zero attached hydrogens (tertiary/aromatic N) is 1. The lowest BCUT2D eigenvalue weighted by molar-refractivity contribution is 0.266. The van der Waals surface area contributed by atoms with E-state index in [9.17, 15) is 0 Å². The van der Waals surface area contributed by atoms with Gasteiger partial charge in [-0.2, -0.15) is 0 Å². The average Bonchev–Trinajstić information content (AvgIpc) is 3.44. The number of hydrogen-bond acceptors (Lipinski definition) is 3. The maximum Gasteiger partial charge on any atom is 0.134 e. The second-order valence-corrected chi connectivity index (χ2v) is 10.5. The normalized spacial score (nSPS) is 21.3. The van der Waals surface area contributed by atoms with E-state index in [1.165, 1.54) is 57.5 Å². The molecule has 1 aliphatic carbocycles. The number of rotatable bonds is 5. The van der Waals surface area contributed by atoms with Crippen LogP contribution in [-0.4, -0.2) is 24.0 Å². The van der Waals surface area contributed by atoms with E-state index in [1.54, 1.807) is 0 Å². The van der Waals surface area contributed by atoms with Crippen LogP contribution in [0, 0.1) is 0 Å². The van der Waals surface area contributed by atoms with Gasteiger partial charge in [0.2, 0.25) is 0 Å². The summed E-state index contributed by atoms with van der Waals surface area (Å²) in [6, 6.07) is 18.3. The van der Waals surface area contributed by atoms with Gasteiger partial charge in [0, 0.05) is 29.3 Å². The molecule has 0 bridgehead atoms. The Kier molecular flexibility index (Phi) is 6.07. The first kappa shape index (κ1) is 21.8. The van der Waals surface area contributed by atoms with Crippen molar-refractivity contribution in [3.63, 3.8) is 0 Å². The van der Waals surface area contributed by atoms with Gasteiger partial charge < -0.3 is 9.32 Å². The molecule has 172 valence electrons. The fourth-order valence-corrected chi connectivity index (χ4v) is 6.46. The van der Waals surface area contributed by atoms with E-state index < -0.39 is 0 Å². The maximum atomic E-state index is 6.28. The summed E-state index contributed by atoms with van der Waals surface area (Å²) in [4.78, 5) is 3.92. The standard InChI is InChI=1S/C31H31NOS/c1-22-8-7-18-32(22)19-17-25-20-29-23(10-6-13-30(29)33-25)15-16-27-26-11-3-2-9-24(26)21-34-31-14-5-4-12-28(27)31/h2-6,10-14,16,20-22H,7-9,15,17-19H2,1H3/t22-/m1/s1. The molecule has 3 aliphatic rings. The van der Waals surface area contributed by atoms with Gasteiger partial charge in [-0.05, 0) is 90.6 Å². The molecule has 0 spiro atoms. The highest BCUT2D eigenvalue weighted by Crippen LogP contribution is 2.43. The van der Waals surface area contributed by atoms with Crippen LogP contribution < -0.4 is 0 Å². The fourth-order valence-electron chi connectivity index (χ4n) is 5.51. The maximum absolute atomic E-state index is 6.28. The van der Waals surface area contributed by atoms with Gasteiger partial charge in [-0.3, -0.25) is 0 Å². The van der Waals surface area contributed by atoms with E-state index in [2.05, 4.69) is 90.1 Å². The number of furan rings is 1. The van der Waals surface area contributed by atoms with Gasteiger partial charge in [-0.1, -0.05) is 66.4 Å². The first-order valence-corrected chi connectivity index (χ1v) is 13.4. The van der Waals surface area contributed by atoms with Crippen molar-refractivity contribution in [1.29, 1.82) is 0 Å². The Bertz CT molecular complexity index is 1340. The van der Waals surface area contributed by atoms with Crippen LogP contribution in [0.5, 0.6) is 0 Å². The molecule has 0 radical (unpaired) electrons. The lowest BCUT2D eigenvalue weighted by atomic mass is 9.87. The topological polar surface area (TPSA) is 16.4 Å². The second kappa shape index (κ2) is 9.48. The Balaban J connectivity index is 1.31. The molecule has 2 nitrogen and oxygen atoms in total. The first-order valence-electron chi connectivity index (χ1n) is 12.5. The molecule has 6 rings (SSSR count). The van der Waals surface area contributed by atoms with Crippen molar-refractivity contribution in [2.24, 2.45) is 0 Å². The minimum Gasteiger partial charge on any atom is -0.461 e. The van der Waals surface area contributed by atoms with Gasteiger partial charge in [-0.25, -0.2) is 0 Å². The van der Waals surface area contributed by atoms with Crippen LogP contribution in [-0.2, 0) is 12.8 Å². The van der Waals surface area contributed by atoms with Crippen molar-refractivity contribution in [1.82, 2.24) is 4.90 Å². The largest absolute Gasteiger partial charge is 0.461 e. The Morgan fingerprint density at radius 3 is 3.00 bits per heavy atom. The molecule has 1 aromatic heterocycles. The van der Waals surface area contributed by atoms with Gasteiger partial charge in [0.05, 0.1) is 0 Å². The minimum absolute atomic E-state index is 0.704. The van der Waals surface area contributed by atoms with Gasteiger partial charge in [0.25, 0.3) is 0 Å². The third-order valence-electron chi connectivity index (χ3n) is 7.44. The zero-order valence-corrected chi connectivity index (χ0v) is 20.6. The molecule has 3 aromatic rings. The quantitative estimate of drug-likeness (QED) is 0.380. The molecule has 1 fully saturated rings. The molecule has 1 saturated heterocycles. The summed E-state index contributed by atoms with van der Waals surface area (Å²) in [6.07, 6.45) is 14.7. The van der Waals surface area contributed by atoms with Gasteiger partial charge >= 0.3 is 0 Å². The lowest BCUT2D eigenvalue weighted by Crippen LogP contribution is -2.28. The number of benzene rings is 2. The van der Waals surface area contributed by atoms with E-state index >= 15 is 0 Å². The molecule has 2 aromatic carbocycles. The first-order chi connectivity index (χ1) is 16.8. The summed E-state index contributed by atoms with van der Waals surface area (Å²) < 4.78 is 6.28. The molecule has 1 atom stereocenters. The van der Waals surface area contributed by atoms with Crippen molar-refractivity contribution >= 4 is 28.3 Å². The minimum atomic E-state index is 0.704. The van der Waals surface area contributed by atoms with Crippen LogP contribution in [0.25, 0.3) is 16.5 Å². The highest BCUT2D eigenvalue weighted by Gasteiger charge is 2.21. The van der Waals surface area contributed by atoms with Gasteiger partial charge in [-0.15, -0.1) is 0 Å². The highest BCUT2D eigenvalue weighted by atomic mass is 32.2. The summed E-state index contributed by atoms with van der Waals surface area (Å²) in [5, 5.41) is 3.59. The van der Waals surface area contributed by atoms with Crippen LogP contribution in [0.1, 0.15) is 43.1 Å². The Morgan fingerprint density at radius 2 is 2.09 bits per heavy atom. The van der Waals surface area contributed by atoms with Gasteiger partial charge in [0.15, 0.2) is 0 Å². The predicted octanol–water partition coefficient (Wildman–Crippen LogP) is 7.96. The van der Waals surface area contributed by atoms with Crippen LogP contribution >= 0.6 is 11.8 Å². The van der Waals surface area contributed by atoms with Crippen molar-refractivity contribution in [2.45, 2.75) is 50.0 Å². The molecule has 0 saturated carbocycles. The SMILES string of the molecule is C[C@@H]1CCCN1CCc1cc2c(CC=C3C4=CC=CCC4=CSc4ccccc43)cccc2o1. The number of likely N-dealkylation sites (tertiary alicyclic amines) is 1. The molecular formula is C31H31NOS. The average molecular weight is 466 g/mol. The number of thioether (sulfide) groups is 1. The molecule has 0 N–H and O–H groups in total. The van der Waals surface area contributed by atoms with E-state index in [4.69, 9.17) is 4.42 Å². The number of fused-ring (bicyclic) bond motifs is 3. The third kappa shape index (κ3) is 4.23. The van der Waals surface area contributed by atoms with Crippen molar-refractivity contribution in [3.05, 3.63) is 106 Å². The van der Waals surface area contributed by atoms with E-state index in [-0.39, 0.29) is 0 Å². The number of allylic oxidation sites excluding steroid dienone is 7. The van der Waals surface area contributed by atoms with Crippen LogP contribution in [0.2, 0.25) is 0 Å². The molecule has 0 amide bonds. The zero-order valence-electron chi connectivity index (χ0n) is 19.8. The molecule has 2 aliphatic heterocycles.